The summed E-state index contributed by atoms with van der Waals surface area (Å²) < 4.78 is 24.5. The summed E-state index contributed by atoms with van der Waals surface area (Å²) in [6.07, 6.45) is 17.9. The van der Waals surface area contributed by atoms with Gasteiger partial charge in [-0.1, -0.05) is 12.1 Å². The molecule has 0 spiro atoms. The molecule has 2 aliphatic carbocycles. The van der Waals surface area contributed by atoms with Crippen molar-refractivity contribution in [3.05, 3.63) is 84.4 Å². The fourth-order valence-corrected chi connectivity index (χ4v) is 10.3. The third kappa shape index (κ3) is 7.17. The second-order valence-corrected chi connectivity index (χ2v) is 17.5. The van der Waals surface area contributed by atoms with Crippen LogP contribution in [0, 0.1) is 0 Å². The maximum absolute atomic E-state index is 12.9. The summed E-state index contributed by atoms with van der Waals surface area (Å²) in [6.45, 7) is 3.65. The van der Waals surface area contributed by atoms with Gasteiger partial charge in [0.05, 0.1) is 58.8 Å². The van der Waals surface area contributed by atoms with Gasteiger partial charge in [0.15, 0.2) is 0 Å². The minimum absolute atomic E-state index is 0.0000181. The Bertz CT molecular complexity index is 2370. The van der Waals surface area contributed by atoms with Crippen LogP contribution in [0.1, 0.15) is 84.9 Å². The number of nitrogens with two attached hydrogens (primary N) is 1. The molecule has 2 amide bonds. The smallest absolute Gasteiger partial charge is 0.261 e. The SMILES string of the molecule is NC1CCC(Oc2cc(N3CC4CC(C3)O4)cc3nccnc23)CC1.O=C1c2ccccc2C(=O)N1C1CCC(Oc2cc(N3CC4CC(C3)O4)cc3nccnc23)CC1. The number of anilines is 2. The molecule has 6 saturated heterocycles. The molecule has 2 N–H and O–H groups in total. The number of rotatable bonds is 7. The van der Waals surface area contributed by atoms with E-state index in [9.17, 15) is 9.59 Å². The van der Waals surface area contributed by atoms with Crippen molar-refractivity contribution in [1.82, 2.24) is 24.8 Å². The zero-order valence-electron chi connectivity index (χ0n) is 33.6. The van der Waals surface area contributed by atoms with E-state index in [1.807, 2.05) is 0 Å². The van der Waals surface area contributed by atoms with Gasteiger partial charge in [-0.3, -0.25) is 24.5 Å². The van der Waals surface area contributed by atoms with Crippen LogP contribution in [0.25, 0.3) is 22.1 Å². The first kappa shape index (κ1) is 37.6. The van der Waals surface area contributed by atoms with Crippen molar-refractivity contribution in [1.29, 1.82) is 0 Å². The van der Waals surface area contributed by atoms with Crippen LogP contribution in [0.4, 0.5) is 11.4 Å². The first-order valence-electron chi connectivity index (χ1n) is 21.7. The summed E-state index contributed by atoms with van der Waals surface area (Å²) in [5, 5.41) is 0. The zero-order valence-corrected chi connectivity index (χ0v) is 33.6. The van der Waals surface area contributed by atoms with Gasteiger partial charge >= 0.3 is 0 Å². The van der Waals surface area contributed by atoms with E-state index in [0.29, 0.717) is 41.6 Å². The van der Waals surface area contributed by atoms with Crippen molar-refractivity contribution in [3.8, 4) is 11.5 Å². The topological polar surface area (TPSA) is 158 Å². The Hall–Kier alpha value is -5.44. The maximum Gasteiger partial charge on any atom is 0.261 e. The number of benzene rings is 3. The molecule has 4 bridgehead atoms. The number of fused-ring (bicyclic) bond motifs is 7. The fourth-order valence-electron chi connectivity index (χ4n) is 10.3. The molecule has 14 rings (SSSR count). The van der Waals surface area contributed by atoms with E-state index in [4.69, 9.17) is 24.7 Å². The highest BCUT2D eigenvalue weighted by Crippen LogP contribution is 2.39. The first-order valence-corrected chi connectivity index (χ1v) is 21.7. The van der Waals surface area contributed by atoms with E-state index in [1.165, 1.54) is 11.3 Å². The predicted octanol–water partition coefficient (Wildman–Crippen LogP) is 5.85. The number of nitrogens with zero attached hydrogens (tertiary/aromatic N) is 7. The number of hydrogen-bond donors (Lipinski definition) is 1. The van der Waals surface area contributed by atoms with E-state index in [0.717, 1.165) is 129 Å². The van der Waals surface area contributed by atoms with Gasteiger partial charge in [-0.05, 0) is 75.6 Å². The number of imide groups is 1. The molecule has 310 valence electrons. The van der Waals surface area contributed by atoms with Crippen LogP contribution in [-0.2, 0) is 9.47 Å². The Morgan fingerprint density at radius 3 is 1.43 bits per heavy atom. The van der Waals surface area contributed by atoms with Gasteiger partial charge in [0, 0.05) is 99.4 Å². The highest BCUT2D eigenvalue weighted by atomic mass is 16.5. The van der Waals surface area contributed by atoms with Crippen LogP contribution in [0.5, 0.6) is 11.5 Å². The number of piperidine rings is 2. The molecular weight excluding hydrogens is 761 g/mol. The van der Waals surface area contributed by atoms with Crippen molar-refractivity contribution >= 4 is 45.3 Å². The highest BCUT2D eigenvalue weighted by molar-refractivity contribution is 6.21. The lowest BCUT2D eigenvalue weighted by molar-refractivity contribution is -0.133. The molecule has 0 radical (unpaired) electrons. The number of amides is 2. The van der Waals surface area contributed by atoms with Crippen molar-refractivity contribution in [3.63, 3.8) is 0 Å². The monoisotopic (exact) mass is 810 g/mol. The summed E-state index contributed by atoms with van der Waals surface area (Å²) in [5.74, 6) is 1.25. The highest BCUT2D eigenvalue weighted by Gasteiger charge is 2.42. The average Bonchev–Trinajstić information content (AvgIpc) is 3.53. The zero-order chi connectivity index (χ0) is 40.3. The molecule has 5 aromatic rings. The molecule has 14 nitrogen and oxygen atoms in total. The second-order valence-electron chi connectivity index (χ2n) is 17.5. The predicted molar refractivity (Wildman–Crippen MR) is 225 cm³/mol. The molecule has 14 heteroatoms. The molecule has 4 atom stereocenters. The molecule has 9 aliphatic rings. The Morgan fingerprint density at radius 2 is 0.983 bits per heavy atom. The number of carbonyl (C=O) groups is 2. The van der Waals surface area contributed by atoms with Crippen molar-refractivity contribution in [2.24, 2.45) is 5.73 Å². The van der Waals surface area contributed by atoms with Crippen molar-refractivity contribution < 1.29 is 28.5 Å². The van der Waals surface area contributed by atoms with Crippen LogP contribution < -0.4 is 25.0 Å². The molecule has 2 aromatic heterocycles. The van der Waals surface area contributed by atoms with Crippen LogP contribution in [0.15, 0.2) is 73.3 Å². The van der Waals surface area contributed by atoms with Crippen LogP contribution in [0.2, 0.25) is 0 Å². The molecule has 9 heterocycles. The number of ether oxygens (including phenoxy) is 4. The summed E-state index contributed by atoms with van der Waals surface area (Å²) in [4.78, 5) is 50.1. The molecule has 4 unspecified atom stereocenters. The Labute approximate surface area is 348 Å². The Balaban J connectivity index is 0.000000144. The first-order chi connectivity index (χ1) is 29.4. The number of hydrogen-bond acceptors (Lipinski definition) is 13. The Kier molecular flexibility index (Phi) is 9.73. The van der Waals surface area contributed by atoms with Crippen LogP contribution >= 0.6 is 0 Å². The van der Waals surface area contributed by atoms with Crippen LogP contribution in [0.3, 0.4) is 0 Å². The quantitative estimate of drug-likeness (QED) is 0.196. The van der Waals surface area contributed by atoms with Gasteiger partial charge in [-0.25, -0.2) is 9.97 Å². The summed E-state index contributed by atoms with van der Waals surface area (Å²) in [7, 11) is 0. The molecule has 60 heavy (non-hydrogen) atoms. The van der Waals surface area contributed by atoms with E-state index < -0.39 is 0 Å². The third-order valence-electron chi connectivity index (χ3n) is 13.4. The van der Waals surface area contributed by atoms with Gasteiger partial charge < -0.3 is 34.5 Å². The number of carbonyl (C=O) groups excluding carboxylic acids is 2. The molecule has 3 aromatic carbocycles. The van der Waals surface area contributed by atoms with Gasteiger partial charge in [0.25, 0.3) is 11.8 Å². The van der Waals surface area contributed by atoms with E-state index in [-0.39, 0.29) is 30.1 Å². The Morgan fingerprint density at radius 1 is 0.567 bits per heavy atom. The third-order valence-corrected chi connectivity index (χ3v) is 13.4. The van der Waals surface area contributed by atoms with Gasteiger partial charge in [0.2, 0.25) is 0 Å². The van der Waals surface area contributed by atoms with Gasteiger partial charge in [-0.2, -0.15) is 0 Å². The minimum Gasteiger partial charge on any atom is -0.488 e. The van der Waals surface area contributed by atoms with Crippen molar-refractivity contribution in [2.45, 2.75) is 113 Å². The standard InChI is InChI=1S/C27H26N4O4.C19H24N4O2/c32-26-21-3-1-2-4-22(21)27(33)31(26)16-5-7-18(8-6-16)35-24-12-17(11-23-25(24)29-10-9-28-23)30-14-19-13-20(15-30)34-19;20-12-1-3-14(4-2-12)25-18-8-13(7-17-19(18)22-6-5-21-17)23-10-15-9-16(11-23)24-15/h1-4,9-12,16,18-20H,5-8,13-15H2;5-8,12,14-16H,1-4,9-11,20H2. The largest absolute Gasteiger partial charge is 0.488 e. The van der Waals surface area contributed by atoms with E-state index >= 15 is 0 Å². The normalized spacial score (nSPS) is 29.3. The number of morpholine rings is 2. The van der Waals surface area contributed by atoms with E-state index in [2.05, 4.69) is 54.0 Å². The lowest BCUT2D eigenvalue weighted by Gasteiger charge is -2.48. The molecule has 7 aliphatic heterocycles. The van der Waals surface area contributed by atoms with Crippen molar-refractivity contribution in [2.75, 3.05) is 36.0 Å². The van der Waals surface area contributed by atoms with Gasteiger partial charge in [-0.15, -0.1) is 0 Å². The summed E-state index contributed by atoms with van der Waals surface area (Å²) in [6, 6.07) is 15.7. The van der Waals surface area contributed by atoms with Crippen LogP contribution in [-0.4, -0.2) is 112 Å². The second kappa shape index (κ2) is 15.5. The molecule has 2 saturated carbocycles. The number of aromatic nitrogens is 4. The summed E-state index contributed by atoms with van der Waals surface area (Å²) in [5.41, 5.74) is 12.6. The maximum atomic E-state index is 12.9. The lowest BCUT2D eigenvalue weighted by Crippen LogP contribution is -2.57. The molecular formula is C46H50N8O6. The summed E-state index contributed by atoms with van der Waals surface area (Å²) >= 11 is 0. The molecule has 8 fully saturated rings. The lowest BCUT2D eigenvalue weighted by atomic mass is 9.91. The fraction of sp³-hybridized carbons (Fsp3) is 0.478. The van der Waals surface area contributed by atoms with Gasteiger partial charge in [0.1, 0.15) is 22.5 Å². The average molecular weight is 811 g/mol. The van der Waals surface area contributed by atoms with E-state index in [1.54, 1.807) is 49.1 Å². The minimum atomic E-state index is -0.174.